The van der Waals surface area contributed by atoms with Crippen LogP contribution in [0.25, 0.3) is 0 Å². The van der Waals surface area contributed by atoms with E-state index in [4.69, 9.17) is 0 Å². The van der Waals surface area contributed by atoms with Crippen LogP contribution in [-0.2, 0) is 0 Å². The first-order valence-corrected chi connectivity index (χ1v) is 3.68. The van der Waals surface area contributed by atoms with Gasteiger partial charge in [0.1, 0.15) is 6.20 Å². The van der Waals surface area contributed by atoms with Gasteiger partial charge < -0.3 is 0 Å². The predicted molar refractivity (Wildman–Crippen MR) is 35.2 cm³/mol. The average Bonchev–Trinajstić information content (AvgIpc) is 1.90. The Morgan fingerprint density at radius 1 is 1.44 bits per heavy atom. The van der Waals surface area contributed by atoms with Crippen LogP contribution in [0.4, 0.5) is 0 Å². The van der Waals surface area contributed by atoms with Crippen molar-refractivity contribution in [2.24, 2.45) is 0 Å². The van der Waals surface area contributed by atoms with E-state index in [-0.39, 0.29) is 0 Å². The van der Waals surface area contributed by atoms with Crippen molar-refractivity contribution in [3.63, 3.8) is 0 Å². The van der Waals surface area contributed by atoms with Crippen LogP contribution < -0.4 is 0 Å². The van der Waals surface area contributed by atoms with E-state index >= 15 is 0 Å². The third-order valence-electron chi connectivity index (χ3n) is 0.781. The second-order valence-electron chi connectivity index (χ2n) is 1.50. The Labute approximate surface area is 57.9 Å². The Kier molecular flexibility index (Phi) is 2.00. The fourth-order valence-electron chi connectivity index (χ4n) is 0.378. The lowest BCUT2D eigenvalue weighted by molar-refractivity contribution is 0.809. The average molecular weight is 140 g/mol. The molecule has 47 valence electrons. The van der Waals surface area contributed by atoms with Gasteiger partial charge in [0.2, 0.25) is 5.16 Å². The first kappa shape index (κ1) is 6.48. The number of rotatable bonds is 1. The SMILES string of the molecule is CSc1n[c]c(C)nn1. The highest BCUT2D eigenvalue weighted by Crippen LogP contribution is 2.03. The largest absolute Gasteiger partial charge is 0.217 e. The molecule has 1 aromatic heterocycles. The topological polar surface area (TPSA) is 38.7 Å². The van der Waals surface area contributed by atoms with Gasteiger partial charge in [0.25, 0.3) is 0 Å². The van der Waals surface area contributed by atoms with E-state index < -0.39 is 0 Å². The predicted octanol–water partition coefficient (Wildman–Crippen LogP) is 0.702. The zero-order chi connectivity index (χ0) is 6.69. The minimum Gasteiger partial charge on any atom is -0.217 e. The molecule has 9 heavy (non-hydrogen) atoms. The number of hydrogen-bond acceptors (Lipinski definition) is 4. The van der Waals surface area contributed by atoms with Crippen LogP contribution in [0, 0.1) is 13.1 Å². The monoisotopic (exact) mass is 140 g/mol. The maximum Gasteiger partial charge on any atom is 0.209 e. The number of aromatic nitrogens is 3. The summed E-state index contributed by atoms with van der Waals surface area (Å²) in [5, 5.41) is 8.20. The van der Waals surface area contributed by atoms with E-state index in [9.17, 15) is 0 Å². The van der Waals surface area contributed by atoms with Crippen molar-refractivity contribution < 1.29 is 0 Å². The van der Waals surface area contributed by atoms with Crippen LogP contribution in [0.1, 0.15) is 5.69 Å². The van der Waals surface area contributed by atoms with Gasteiger partial charge in [-0.2, -0.15) is 5.10 Å². The maximum absolute atomic E-state index is 3.86. The summed E-state index contributed by atoms with van der Waals surface area (Å²) < 4.78 is 0. The van der Waals surface area contributed by atoms with Crippen LogP contribution in [0.2, 0.25) is 0 Å². The smallest absolute Gasteiger partial charge is 0.209 e. The molecule has 0 saturated carbocycles. The van der Waals surface area contributed by atoms with Gasteiger partial charge in [-0.15, -0.1) is 5.10 Å². The summed E-state index contributed by atoms with van der Waals surface area (Å²) >= 11 is 1.46. The van der Waals surface area contributed by atoms with E-state index in [0.29, 0.717) is 5.16 Å². The molecule has 0 fully saturated rings. The van der Waals surface area contributed by atoms with E-state index in [2.05, 4.69) is 21.4 Å². The molecule has 0 spiro atoms. The molecule has 4 heteroatoms. The van der Waals surface area contributed by atoms with Crippen LogP contribution >= 0.6 is 11.8 Å². The van der Waals surface area contributed by atoms with Gasteiger partial charge in [-0.05, 0) is 13.2 Å². The molecule has 0 bridgehead atoms. The summed E-state index contributed by atoms with van der Waals surface area (Å²) in [5.41, 5.74) is 0.729. The van der Waals surface area contributed by atoms with Gasteiger partial charge in [0, 0.05) is 0 Å². The molecule has 0 unspecified atom stereocenters. The molecular weight excluding hydrogens is 134 g/mol. The highest BCUT2D eigenvalue weighted by molar-refractivity contribution is 7.98. The summed E-state index contributed by atoms with van der Waals surface area (Å²) in [4.78, 5) is 3.86. The van der Waals surface area contributed by atoms with Gasteiger partial charge in [-0.3, -0.25) is 0 Å². The van der Waals surface area contributed by atoms with Gasteiger partial charge >= 0.3 is 0 Å². The van der Waals surface area contributed by atoms with E-state index in [1.165, 1.54) is 11.8 Å². The van der Waals surface area contributed by atoms with Gasteiger partial charge in [0.15, 0.2) is 0 Å². The second kappa shape index (κ2) is 2.77. The van der Waals surface area contributed by atoms with Crippen molar-refractivity contribution in [3.8, 4) is 0 Å². The van der Waals surface area contributed by atoms with Crippen molar-refractivity contribution >= 4 is 11.8 Å². The molecule has 0 amide bonds. The molecule has 3 nitrogen and oxygen atoms in total. The Balaban J connectivity index is 2.88. The zero-order valence-electron chi connectivity index (χ0n) is 5.25. The standard InChI is InChI=1S/C5H6N3S/c1-4-3-6-5(9-2)8-7-4/h1-2H3. The summed E-state index contributed by atoms with van der Waals surface area (Å²) in [6, 6.07) is 0. The van der Waals surface area contributed by atoms with E-state index in [1.807, 2.05) is 13.2 Å². The summed E-state index contributed by atoms with van der Waals surface area (Å²) in [7, 11) is 0. The second-order valence-corrected chi connectivity index (χ2v) is 2.27. The molecule has 0 N–H and O–H groups in total. The first-order valence-electron chi connectivity index (χ1n) is 2.46. The maximum atomic E-state index is 3.86. The molecule has 1 radical (unpaired) electrons. The van der Waals surface area contributed by atoms with Gasteiger partial charge in [0.05, 0.1) is 5.69 Å². The summed E-state index contributed by atoms with van der Waals surface area (Å²) in [5.74, 6) is 0. The summed E-state index contributed by atoms with van der Waals surface area (Å²) in [6.07, 6.45) is 4.61. The number of aryl methyl sites for hydroxylation is 1. The number of hydrogen-bond donors (Lipinski definition) is 0. The molecule has 1 heterocycles. The Hall–Kier alpha value is -0.640. The van der Waals surface area contributed by atoms with E-state index in [0.717, 1.165) is 5.69 Å². The molecule has 0 aromatic carbocycles. The number of nitrogens with zero attached hydrogens (tertiary/aromatic N) is 3. The fraction of sp³-hybridized carbons (Fsp3) is 0.400. The molecule has 0 saturated heterocycles. The summed E-state index contributed by atoms with van der Waals surface area (Å²) in [6.45, 7) is 1.81. The molecule has 1 aromatic rings. The molecular formula is C5H6N3S. The lowest BCUT2D eigenvalue weighted by atomic mass is 10.6. The first-order chi connectivity index (χ1) is 4.33. The van der Waals surface area contributed by atoms with Crippen LogP contribution in [0.3, 0.4) is 0 Å². The molecule has 1 rings (SSSR count). The number of thioether (sulfide) groups is 1. The normalized spacial score (nSPS) is 9.56. The Morgan fingerprint density at radius 2 is 2.22 bits per heavy atom. The van der Waals surface area contributed by atoms with Crippen LogP contribution in [0.5, 0.6) is 0 Å². The lowest BCUT2D eigenvalue weighted by Gasteiger charge is -1.89. The highest BCUT2D eigenvalue weighted by Gasteiger charge is 1.91. The minimum absolute atomic E-state index is 0.667. The van der Waals surface area contributed by atoms with Gasteiger partial charge in [-0.1, -0.05) is 11.8 Å². The molecule has 0 aliphatic rings. The third-order valence-corrected chi connectivity index (χ3v) is 1.32. The Bertz CT molecular complexity index is 184. The molecule has 0 atom stereocenters. The third kappa shape index (κ3) is 1.64. The Morgan fingerprint density at radius 3 is 2.67 bits per heavy atom. The molecule has 0 aliphatic carbocycles. The van der Waals surface area contributed by atoms with Crippen molar-refractivity contribution in [2.45, 2.75) is 12.1 Å². The lowest BCUT2D eigenvalue weighted by Crippen LogP contribution is -1.91. The minimum atomic E-state index is 0.667. The van der Waals surface area contributed by atoms with Crippen molar-refractivity contribution in [3.05, 3.63) is 11.9 Å². The zero-order valence-corrected chi connectivity index (χ0v) is 6.07. The van der Waals surface area contributed by atoms with Crippen LogP contribution in [0.15, 0.2) is 5.16 Å². The highest BCUT2D eigenvalue weighted by atomic mass is 32.2. The van der Waals surface area contributed by atoms with Crippen molar-refractivity contribution in [1.82, 2.24) is 15.2 Å². The molecule has 0 aliphatic heterocycles. The van der Waals surface area contributed by atoms with Gasteiger partial charge in [-0.25, -0.2) is 4.98 Å². The van der Waals surface area contributed by atoms with Crippen molar-refractivity contribution in [2.75, 3.05) is 6.26 Å². The van der Waals surface area contributed by atoms with Crippen LogP contribution in [-0.4, -0.2) is 21.4 Å². The van der Waals surface area contributed by atoms with E-state index in [1.54, 1.807) is 0 Å². The van der Waals surface area contributed by atoms with Crippen molar-refractivity contribution in [1.29, 1.82) is 0 Å². The fourth-order valence-corrected chi connectivity index (χ4v) is 0.637. The quantitative estimate of drug-likeness (QED) is 0.538.